The Balaban J connectivity index is 1.56. The normalized spacial score (nSPS) is 13.2. The van der Waals surface area contributed by atoms with E-state index in [4.69, 9.17) is 6.85 Å². The van der Waals surface area contributed by atoms with Crippen molar-refractivity contribution in [1.29, 1.82) is 0 Å². The Hall–Kier alpha value is -5.20. The molecular weight excluding hydrogens is 504 g/mol. The maximum Gasteiger partial charge on any atom is 0.0629 e. The molecule has 8 aromatic rings. The predicted molar refractivity (Wildman–Crippen MR) is 182 cm³/mol. The Morgan fingerprint density at radius 1 is 0.381 bits per heavy atom. The number of fused-ring (bicyclic) bond motifs is 5. The largest absolute Gasteiger partial charge is 0.0629 e. The Labute approximate surface area is 253 Å². The third-order valence-corrected chi connectivity index (χ3v) is 8.38. The number of rotatable bonds is 3. The van der Waals surface area contributed by atoms with Crippen molar-refractivity contribution in [3.05, 3.63) is 157 Å². The zero-order chi connectivity index (χ0) is 32.6. The van der Waals surface area contributed by atoms with Crippen LogP contribution in [-0.2, 0) is 0 Å². The van der Waals surface area contributed by atoms with E-state index < -0.39 is 6.04 Å². The summed E-state index contributed by atoms with van der Waals surface area (Å²) in [6.07, 6.45) is 0. The van der Waals surface area contributed by atoms with Crippen molar-refractivity contribution in [2.45, 2.75) is 13.8 Å². The van der Waals surface area contributed by atoms with Crippen LogP contribution < -0.4 is 0 Å². The van der Waals surface area contributed by atoms with Gasteiger partial charge in [0.15, 0.2) is 0 Å². The van der Waals surface area contributed by atoms with Gasteiger partial charge in [-0.05, 0) is 96.4 Å². The molecule has 0 unspecified atom stereocenters. The lowest BCUT2D eigenvalue weighted by atomic mass is 9.83. The van der Waals surface area contributed by atoms with Gasteiger partial charge >= 0.3 is 0 Å². The Morgan fingerprint density at radius 2 is 0.881 bits per heavy atom. The van der Waals surface area contributed by atoms with Gasteiger partial charge in [-0.25, -0.2) is 0 Å². The van der Waals surface area contributed by atoms with E-state index in [1.807, 2.05) is 18.2 Å². The molecule has 0 heteroatoms. The summed E-state index contributed by atoms with van der Waals surface area (Å²) in [6, 6.07) is 38.8. The van der Waals surface area contributed by atoms with E-state index in [0.717, 1.165) is 54.2 Å². The molecule has 42 heavy (non-hydrogen) atoms. The first-order valence-electron chi connectivity index (χ1n) is 16.8. The molecule has 0 spiro atoms. The average Bonchev–Trinajstić information content (AvgIpc) is 3.08. The molecule has 0 aliphatic rings. The zero-order valence-corrected chi connectivity index (χ0v) is 23.5. The highest BCUT2D eigenvalue weighted by atomic mass is 14.2. The summed E-state index contributed by atoms with van der Waals surface area (Å²) < 4.78 is 42.6. The van der Waals surface area contributed by atoms with Crippen molar-refractivity contribution in [3.8, 4) is 33.4 Å². The van der Waals surface area contributed by atoms with Gasteiger partial charge in [-0.1, -0.05) is 151 Å². The summed E-state index contributed by atoms with van der Waals surface area (Å²) in [7, 11) is 0. The molecule has 8 aromatic carbocycles. The highest BCUT2D eigenvalue weighted by molar-refractivity contribution is 6.26. The zero-order valence-electron chi connectivity index (χ0n) is 28.5. The molecular formula is C42H30. The molecule has 0 heterocycles. The number of hydrogen-bond donors (Lipinski definition) is 0. The van der Waals surface area contributed by atoms with Gasteiger partial charge in [0.2, 0.25) is 0 Å². The minimum atomic E-state index is -0.392. The summed E-state index contributed by atoms with van der Waals surface area (Å²) >= 11 is 0. The van der Waals surface area contributed by atoms with E-state index >= 15 is 0 Å². The van der Waals surface area contributed by atoms with Gasteiger partial charge in [0.25, 0.3) is 0 Å². The van der Waals surface area contributed by atoms with Crippen molar-refractivity contribution >= 4 is 43.1 Å². The molecule has 198 valence electrons. The first-order chi connectivity index (χ1) is 22.7. The lowest BCUT2D eigenvalue weighted by Gasteiger charge is -2.20. The lowest BCUT2D eigenvalue weighted by Crippen LogP contribution is -1.93. The Bertz CT molecular complexity index is 2490. The van der Waals surface area contributed by atoms with Crippen LogP contribution in [0.1, 0.15) is 18.0 Å². The van der Waals surface area contributed by atoms with Gasteiger partial charge in [-0.15, -0.1) is 0 Å². The van der Waals surface area contributed by atoms with Gasteiger partial charge in [0.05, 0.1) is 6.85 Å². The predicted octanol–water partition coefficient (Wildman–Crippen LogP) is 11.9. The fourth-order valence-electron chi connectivity index (χ4n) is 6.79. The van der Waals surface area contributed by atoms with E-state index in [0.29, 0.717) is 5.56 Å². The molecule has 0 N–H and O–H groups in total. The van der Waals surface area contributed by atoms with Crippen LogP contribution in [0.3, 0.4) is 0 Å². The molecule has 8 rings (SSSR count). The maximum atomic E-state index is 8.81. The molecule has 0 aliphatic carbocycles. The van der Waals surface area contributed by atoms with Crippen molar-refractivity contribution < 1.29 is 6.85 Å². The summed E-state index contributed by atoms with van der Waals surface area (Å²) in [5.74, 6) is 0. The van der Waals surface area contributed by atoms with Crippen LogP contribution >= 0.6 is 0 Å². The van der Waals surface area contributed by atoms with Crippen LogP contribution in [0.25, 0.3) is 76.5 Å². The second-order valence-corrected chi connectivity index (χ2v) is 11.1. The van der Waals surface area contributed by atoms with Crippen LogP contribution in [-0.4, -0.2) is 0 Å². The van der Waals surface area contributed by atoms with Gasteiger partial charge < -0.3 is 0 Å². The quantitative estimate of drug-likeness (QED) is 0.155. The second-order valence-electron chi connectivity index (χ2n) is 11.1. The third kappa shape index (κ3) is 3.84. The molecule has 0 aromatic heterocycles. The first kappa shape index (κ1) is 19.8. The van der Waals surface area contributed by atoms with Crippen molar-refractivity contribution in [2.75, 3.05) is 0 Å². The SMILES string of the molecule is [2H]c1c([2H])c([2H])c(-c2cccc3c2cc(-c2c4ccccc4c(-c4cc(C)cc(C)c4)c4ccccc24)c2ccccc23)c([2H])c1[2H]. The summed E-state index contributed by atoms with van der Waals surface area (Å²) in [4.78, 5) is 0. The molecule has 0 aliphatic heterocycles. The van der Waals surface area contributed by atoms with Crippen molar-refractivity contribution in [2.24, 2.45) is 0 Å². The third-order valence-electron chi connectivity index (χ3n) is 8.38. The molecule has 0 fully saturated rings. The highest BCUT2D eigenvalue weighted by Crippen LogP contribution is 2.47. The average molecular weight is 540 g/mol. The van der Waals surface area contributed by atoms with Crippen molar-refractivity contribution in [1.82, 2.24) is 0 Å². The highest BCUT2D eigenvalue weighted by Gasteiger charge is 2.19. The molecule has 0 amide bonds. The van der Waals surface area contributed by atoms with E-state index in [9.17, 15) is 0 Å². The minimum Gasteiger partial charge on any atom is -0.0622 e. The van der Waals surface area contributed by atoms with Gasteiger partial charge in [0, 0.05) is 0 Å². The lowest BCUT2D eigenvalue weighted by molar-refractivity contribution is 1.39. The summed E-state index contributed by atoms with van der Waals surface area (Å²) in [5.41, 5.74) is 7.81. The topological polar surface area (TPSA) is 0 Å². The number of benzene rings is 8. The van der Waals surface area contributed by atoms with Gasteiger partial charge in [-0.2, -0.15) is 0 Å². The molecule has 0 radical (unpaired) electrons. The van der Waals surface area contributed by atoms with Crippen LogP contribution in [0.5, 0.6) is 0 Å². The standard InChI is InChI=1S/C42H30/c1-27-23-28(2)25-30(24-27)41-35-17-8-10-19-37(35)42(38-20-11-9-18-36(38)41)40-26-39-31(29-13-4-3-5-14-29)21-12-22-33(39)32-15-6-7-16-34(32)40/h3-26H,1-2H3/i3D,4D,5D,13D,14D. The fourth-order valence-corrected chi connectivity index (χ4v) is 6.79. The first-order valence-corrected chi connectivity index (χ1v) is 14.3. The molecule has 0 saturated carbocycles. The van der Waals surface area contributed by atoms with Gasteiger partial charge in [0.1, 0.15) is 0 Å². The number of hydrogen-bond acceptors (Lipinski definition) is 0. The van der Waals surface area contributed by atoms with Crippen LogP contribution in [0.4, 0.5) is 0 Å². The summed E-state index contributed by atoms with van der Waals surface area (Å²) in [6.45, 7) is 4.28. The minimum absolute atomic E-state index is 0.202. The molecule has 0 bridgehead atoms. The Morgan fingerprint density at radius 3 is 1.50 bits per heavy atom. The van der Waals surface area contributed by atoms with E-state index in [1.165, 1.54) is 22.3 Å². The van der Waals surface area contributed by atoms with Crippen molar-refractivity contribution in [3.63, 3.8) is 0 Å². The van der Waals surface area contributed by atoms with E-state index in [1.54, 1.807) is 0 Å². The van der Waals surface area contributed by atoms with E-state index in [-0.39, 0.29) is 29.7 Å². The fraction of sp³-hybridized carbons (Fsp3) is 0.0476. The smallest absolute Gasteiger partial charge is 0.0622 e. The monoisotopic (exact) mass is 539 g/mol. The molecule has 0 atom stereocenters. The molecule has 0 nitrogen and oxygen atoms in total. The van der Waals surface area contributed by atoms with Crippen LogP contribution in [0, 0.1) is 13.8 Å². The second kappa shape index (κ2) is 9.72. The summed E-state index contributed by atoms with van der Waals surface area (Å²) in [5, 5.41) is 8.52. The molecule has 0 saturated heterocycles. The van der Waals surface area contributed by atoms with Gasteiger partial charge in [-0.3, -0.25) is 0 Å². The van der Waals surface area contributed by atoms with E-state index in [2.05, 4.69) is 111 Å². The van der Waals surface area contributed by atoms with Crippen LogP contribution in [0.15, 0.2) is 145 Å². The number of aryl methyl sites for hydroxylation is 2. The van der Waals surface area contributed by atoms with Crippen LogP contribution in [0.2, 0.25) is 0 Å². The Kier molecular flexibility index (Phi) is 4.58. The maximum absolute atomic E-state index is 8.81.